The van der Waals surface area contributed by atoms with Crippen LogP contribution in [0.2, 0.25) is 0 Å². The lowest BCUT2D eigenvalue weighted by molar-refractivity contribution is -0.108. The summed E-state index contributed by atoms with van der Waals surface area (Å²) in [6.07, 6.45) is 1.82. The molecule has 0 bridgehead atoms. The van der Waals surface area contributed by atoms with Crippen molar-refractivity contribution in [3.63, 3.8) is 0 Å². The van der Waals surface area contributed by atoms with Gasteiger partial charge in [-0.05, 0) is 20.3 Å². The van der Waals surface area contributed by atoms with Gasteiger partial charge in [0, 0.05) is 6.42 Å². The summed E-state index contributed by atoms with van der Waals surface area (Å²) < 4.78 is 0. The van der Waals surface area contributed by atoms with E-state index in [1.165, 1.54) is 0 Å². The molecule has 0 saturated heterocycles. The third-order valence-corrected chi connectivity index (χ3v) is 0.874. The standard InChI is InChI=1S/C6H12O2/c1-6(2,8)4-3-5-7/h5,8H,3-4H2,1-2H3. The van der Waals surface area contributed by atoms with E-state index in [4.69, 9.17) is 5.11 Å². The fourth-order valence-corrected chi connectivity index (χ4v) is 0.412. The summed E-state index contributed by atoms with van der Waals surface area (Å²) in [6.45, 7) is 3.38. The van der Waals surface area contributed by atoms with Crippen molar-refractivity contribution in [2.24, 2.45) is 0 Å². The zero-order valence-corrected chi connectivity index (χ0v) is 5.35. The third kappa shape index (κ3) is 5.63. The van der Waals surface area contributed by atoms with E-state index in [0.717, 1.165) is 6.29 Å². The molecule has 0 spiro atoms. The SMILES string of the molecule is CC(C)(O)CCC=O. The lowest BCUT2D eigenvalue weighted by atomic mass is 10.0. The molecule has 0 saturated carbocycles. The average molecular weight is 116 g/mol. The molecule has 0 radical (unpaired) electrons. The van der Waals surface area contributed by atoms with E-state index < -0.39 is 5.60 Å². The van der Waals surface area contributed by atoms with Gasteiger partial charge < -0.3 is 9.90 Å². The molecule has 0 atom stereocenters. The van der Waals surface area contributed by atoms with Crippen LogP contribution in [-0.4, -0.2) is 17.0 Å². The molecule has 0 aromatic carbocycles. The predicted molar refractivity (Wildman–Crippen MR) is 31.6 cm³/mol. The fourth-order valence-electron chi connectivity index (χ4n) is 0.412. The predicted octanol–water partition coefficient (Wildman–Crippen LogP) is 0.736. The maximum atomic E-state index is 9.74. The summed E-state index contributed by atoms with van der Waals surface area (Å²) in [5.74, 6) is 0. The Balaban J connectivity index is 3.24. The molecule has 8 heavy (non-hydrogen) atoms. The number of aldehydes is 1. The van der Waals surface area contributed by atoms with Crippen LogP contribution in [-0.2, 0) is 4.79 Å². The van der Waals surface area contributed by atoms with Crippen LogP contribution in [0, 0.1) is 0 Å². The summed E-state index contributed by atoms with van der Waals surface area (Å²) in [4.78, 5) is 9.74. The molecule has 0 fully saturated rings. The molecular weight excluding hydrogens is 104 g/mol. The van der Waals surface area contributed by atoms with Crippen LogP contribution in [0.1, 0.15) is 26.7 Å². The summed E-state index contributed by atoms with van der Waals surface area (Å²) >= 11 is 0. The Hall–Kier alpha value is -0.370. The van der Waals surface area contributed by atoms with Gasteiger partial charge in [0.1, 0.15) is 6.29 Å². The lowest BCUT2D eigenvalue weighted by Gasteiger charge is -2.13. The molecular formula is C6H12O2. The van der Waals surface area contributed by atoms with Crippen molar-refractivity contribution in [3.8, 4) is 0 Å². The Kier molecular flexibility index (Phi) is 2.69. The number of aliphatic hydroxyl groups is 1. The number of hydrogen-bond donors (Lipinski definition) is 1. The topological polar surface area (TPSA) is 37.3 Å². The van der Waals surface area contributed by atoms with Crippen molar-refractivity contribution >= 4 is 6.29 Å². The second kappa shape index (κ2) is 2.82. The van der Waals surface area contributed by atoms with Gasteiger partial charge in [-0.3, -0.25) is 0 Å². The number of carbonyl (C=O) groups excluding carboxylic acids is 1. The maximum absolute atomic E-state index is 9.74. The Labute approximate surface area is 49.5 Å². The third-order valence-electron chi connectivity index (χ3n) is 0.874. The first kappa shape index (κ1) is 7.63. The zero-order valence-electron chi connectivity index (χ0n) is 5.35. The van der Waals surface area contributed by atoms with Crippen LogP contribution in [0.4, 0.5) is 0 Å². The molecule has 0 amide bonds. The molecule has 0 unspecified atom stereocenters. The van der Waals surface area contributed by atoms with Crippen molar-refractivity contribution in [3.05, 3.63) is 0 Å². The Bertz CT molecular complexity index is 71.1. The summed E-state index contributed by atoms with van der Waals surface area (Å²) in [5, 5.41) is 8.99. The molecule has 1 N–H and O–H groups in total. The van der Waals surface area contributed by atoms with Crippen LogP contribution in [0.5, 0.6) is 0 Å². The minimum Gasteiger partial charge on any atom is -0.390 e. The highest BCUT2D eigenvalue weighted by Gasteiger charge is 2.09. The van der Waals surface area contributed by atoms with Crippen molar-refractivity contribution in [1.82, 2.24) is 0 Å². The molecule has 2 heteroatoms. The largest absolute Gasteiger partial charge is 0.390 e. The van der Waals surface area contributed by atoms with Gasteiger partial charge in [0.05, 0.1) is 5.60 Å². The molecule has 0 rings (SSSR count). The zero-order chi connectivity index (χ0) is 6.62. The molecule has 0 aliphatic heterocycles. The lowest BCUT2D eigenvalue weighted by Crippen LogP contribution is -2.17. The van der Waals surface area contributed by atoms with Crippen molar-refractivity contribution in [2.45, 2.75) is 32.3 Å². The molecule has 0 heterocycles. The summed E-state index contributed by atoms with van der Waals surface area (Å²) in [5.41, 5.74) is -0.680. The normalized spacial score (nSPS) is 11.4. The van der Waals surface area contributed by atoms with E-state index in [1.807, 2.05) is 0 Å². The Morgan fingerprint density at radius 2 is 2.12 bits per heavy atom. The van der Waals surface area contributed by atoms with Gasteiger partial charge in [-0.15, -0.1) is 0 Å². The van der Waals surface area contributed by atoms with Gasteiger partial charge in [-0.25, -0.2) is 0 Å². The summed E-state index contributed by atoms with van der Waals surface area (Å²) in [6, 6.07) is 0. The van der Waals surface area contributed by atoms with Crippen LogP contribution in [0.15, 0.2) is 0 Å². The minimum atomic E-state index is -0.680. The van der Waals surface area contributed by atoms with Crippen LogP contribution < -0.4 is 0 Å². The quantitative estimate of drug-likeness (QED) is 0.552. The second-order valence-electron chi connectivity index (χ2n) is 2.52. The van der Waals surface area contributed by atoms with E-state index in [1.54, 1.807) is 13.8 Å². The Morgan fingerprint density at radius 3 is 2.25 bits per heavy atom. The van der Waals surface area contributed by atoms with Crippen molar-refractivity contribution in [2.75, 3.05) is 0 Å². The van der Waals surface area contributed by atoms with Crippen molar-refractivity contribution in [1.29, 1.82) is 0 Å². The molecule has 0 aromatic rings. The van der Waals surface area contributed by atoms with Gasteiger partial charge in [0.15, 0.2) is 0 Å². The number of carbonyl (C=O) groups is 1. The molecule has 0 aliphatic carbocycles. The minimum absolute atomic E-state index is 0.448. The molecule has 0 aromatic heterocycles. The van der Waals surface area contributed by atoms with Gasteiger partial charge in [0.25, 0.3) is 0 Å². The second-order valence-corrected chi connectivity index (χ2v) is 2.52. The van der Waals surface area contributed by atoms with E-state index >= 15 is 0 Å². The highest BCUT2D eigenvalue weighted by molar-refractivity contribution is 5.49. The fraction of sp³-hybridized carbons (Fsp3) is 0.833. The highest BCUT2D eigenvalue weighted by Crippen LogP contribution is 2.07. The molecule has 48 valence electrons. The van der Waals surface area contributed by atoms with E-state index in [2.05, 4.69) is 0 Å². The van der Waals surface area contributed by atoms with Crippen LogP contribution in [0.3, 0.4) is 0 Å². The number of rotatable bonds is 3. The molecule has 2 nitrogen and oxygen atoms in total. The average Bonchev–Trinajstić information content (AvgIpc) is 1.59. The first-order chi connectivity index (χ1) is 3.56. The van der Waals surface area contributed by atoms with Gasteiger partial charge >= 0.3 is 0 Å². The van der Waals surface area contributed by atoms with Crippen LogP contribution in [0.25, 0.3) is 0 Å². The number of hydrogen-bond acceptors (Lipinski definition) is 2. The monoisotopic (exact) mass is 116 g/mol. The van der Waals surface area contributed by atoms with E-state index in [0.29, 0.717) is 12.8 Å². The van der Waals surface area contributed by atoms with E-state index in [9.17, 15) is 4.79 Å². The van der Waals surface area contributed by atoms with Gasteiger partial charge in [-0.2, -0.15) is 0 Å². The highest BCUT2D eigenvalue weighted by atomic mass is 16.3. The maximum Gasteiger partial charge on any atom is 0.120 e. The van der Waals surface area contributed by atoms with Gasteiger partial charge in [0.2, 0.25) is 0 Å². The van der Waals surface area contributed by atoms with Crippen LogP contribution >= 0.6 is 0 Å². The first-order valence-electron chi connectivity index (χ1n) is 2.72. The molecule has 0 aliphatic rings. The Morgan fingerprint density at radius 1 is 1.62 bits per heavy atom. The van der Waals surface area contributed by atoms with E-state index in [-0.39, 0.29) is 0 Å². The smallest absolute Gasteiger partial charge is 0.120 e. The van der Waals surface area contributed by atoms with Gasteiger partial charge in [-0.1, -0.05) is 0 Å². The summed E-state index contributed by atoms with van der Waals surface area (Å²) in [7, 11) is 0. The van der Waals surface area contributed by atoms with Crippen molar-refractivity contribution < 1.29 is 9.90 Å². The first-order valence-corrected chi connectivity index (χ1v) is 2.72.